The van der Waals surface area contributed by atoms with Crippen molar-refractivity contribution in [2.24, 2.45) is 0 Å². The van der Waals surface area contributed by atoms with E-state index in [0.29, 0.717) is 11.7 Å². The van der Waals surface area contributed by atoms with Gasteiger partial charge in [0, 0.05) is 24.5 Å². The summed E-state index contributed by atoms with van der Waals surface area (Å²) >= 11 is 0. The maximum absolute atomic E-state index is 5.40. The minimum atomic E-state index is 0.499. The third-order valence-electron chi connectivity index (χ3n) is 5.04. The van der Waals surface area contributed by atoms with E-state index >= 15 is 0 Å². The van der Waals surface area contributed by atoms with Crippen LogP contribution >= 0.6 is 0 Å². The number of ether oxygens (including phenoxy) is 2. The molecular formula is C24H29N5O2. The van der Waals surface area contributed by atoms with Crippen LogP contribution in [0.1, 0.15) is 13.8 Å². The van der Waals surface area contributed by atoms with Crippen LogP contribution in [0, 0.1) is 0 Å². The molecule has 3 heterocycles. The highest BCUT2D eigenvalue weighted by Crippen LogP contribution is 2.17. The lowest BCUT2D eigenvalue weighted by atomic mass is 10.1. The van der Waals surface area contributed by atoms with E-state index in [1.165, 1.54) is 0 Å². The summed E-state index contributed by atoms with van der Waals surface area (Å²) in [6.07, 6.45) is 9.22. The van der Waals surface area contributed by atoms with Crippen LogP contribution in [0.2, 0.25) is 0 Å². The van der Waals surface area contributed by atoms with Crippen molar-refractivity contribution in [3.05, 3.63) is 71.7 Å². The van der Waals surface area contributed by atoms with E-state index in [0.717, 1.165) is 59.5 Å². The van der Waals surface area contributed by atoms with Gasteiger partial charge in [-0.25, -0.2) is 15.0 Å². The second-order valence-electron chi connectivity index (χ2n) is 7.07. The molecule has 0 aromatic carbocycles. The summed E-state index contributed by atoms with van der Waals surface area (Å²) in [4.78, 5) is 15.9. The Labute approximate surface area is 183 Å². The van der Waals surface area contributed by atoms with Gasteiger partial charge in [0.1, 0.15) is 11.6 Å². The summed E-state index contributed by atoms with van der Waals surface area (Å²) in [5.74, 6) is 2.00. The largest absolute Gasteiger partial charge is 0.497 e. The summed E-state index contributed by atoms with van der Waals surface area (Å²) in [5, 5.41) is 4.99. The number of nitrogens with one attached hydrogen (secondary N) is 1. The molecule has 0 atom stereocenters. The number of nitrogens with zero attached hydrogens (tertiary/aromatic N) is 4. The molecule has 0 bridgehead atoms. The van der Waals surface area contributed by atoms with Gasteiger partial charge in [-0.2, -0.15) is 0 Å². The quantitative estimate of drug-likeness (QED) is 0.546. The van der Waals surface area contributed by atoms with Crippen molar-refractivity contribution in [3.63, 3.8) is 0 Å². The molecular weight excluding hydrogens is 390 g/mol. The Hall–Kier alpha value is -3.45. The lowest BCUT2D eigenvalue weighted by Crippen LogP contribution is -2.36. The molecule has 3 rings (SSSR count). The Morgan fingerprint density at radius 3 is 2.58 bits per heavy atom. The standard InChI is InChI=1S/C24H29N5O2/c1-6-20-15-26-24(28-23(20)19(4)17(2)7-8-18(3)30-5)27-21-9-10-22(25-16-21)29-11-13-31-14-12-29/h6-10,15-16H,2-3,11-14H2,1,4-5H3,(H,27,28)/b8-7-,20-6-,23-19-. The van der Waals surface area contributed by atoms with Gasteiger partial charge in [-0.15, -0.1) is 0 Å². The number of aromatic nitrogens is 3. The van der Waals surface area contributed by atoms with Gasteiger partial charge in [-0.05, 0) is 43.2 Å². The highest BCUT2D eigenvalue weighted by atomic mass is 16.5. The molecule has 1 aliphatic rings. The van der Waals surface area contributed by atoms with Gasteiger partial charge in [-0.1, -0.05) is 25.3 Å². The molecule has 1 N–H and O–H groups in total. The average Bonchev–Trinajstić information content (AvgIpc) is 2.82. The molecule has 7 nitrogen and oxygen atoms in total. The molecule has 0 spiro atoms. The number of morpholine rings is 1. The van der Waals surface area contributed by atoms with Crippen LogP contribution < -0.4 is 20.8 Å². The van der Waals surface area contributed by atoms with Gasteiger partial charge in [0.25, 0.3) is 0 Å². The van der Waals surface area contributed by atoms with E-state index in [1.54, 1.807) is 25.6 Å². The first-order chi connectivity index (χ1) is 15.0. The highest BCUT2D eigenvalue weighted by molar-refractivity contribution is 5.65. The second kappa shape index (κ2) is 10.5. The van der Waals surface area contributed by atoms with Crippen LogP contribution in [0.4, 0.5) is 17.5 Å². The van der Waals surface area contributed by atoms with Gasteiger partial charge in [0.2, 0.25) is 5.95 Å². The Kier molecular flexibility index (Phi) is 7.56. The van der Waals surface area contributed by atoms with Gasteiger partial charge < -0.3 is 19.7 Å². The van der Waals surface area contributed by atoms with E-state index in [9.17, 15) is 0 Å². The van der Waals surface area contributed by atoms with Crippen molar-refractivity contribution in [2.75, 3.05) is 43.6 Å². The summed E-state index contributed by atoms with van der Waals surface area (Å²) in [6, 6.07) is 3.98. The van der Waals surface area contributed by atoms with E-state index in [-0.39, 0.29) is 0 Å². The molecule has 2 aromatic heterocycles. The van der Waals surface area contributed by atoms with Crippen molar-refractivity contribution in [1.29, 1.82) is 0 Å². The Morgan fingerprint density at radius 1 is 1.16 bits per heavy atom. The summed E-state index contributed by atoms with van der Waals surface area (Å²) in [7, 11) is 1.58. The molecule has 0 amide bonds. The fourth-order valence-electron chi connectivity index (χ4n) is 3.07. The van der Waals surface area contributed by atoms with Crippen LogP contribution in [-0.2, 0) is 9.47 Å². The molecule has 0 saturated carbocycles. The molecule has 162 valence electrons. The normalized spacial score (nSPS) is 15.7. The van der Waals surface area contributed by atoms with E-state index < -0.39 is 0 Å². The minimum Gasteiger partial charge on any atom is -0.497 e. The molecule has 0 radical (unpaired) electrons. The van der Waals surface area contributed by atoms with Crippen molar-refractivity contribution >= 4 is 29.1 Å². The third-order valence-corrected chi connectivity index (χ3v) is 5.04. The first-order valence-corrected chi connectivity index (χ1v) is 10.2. The molecule has 1 saturated heterocycles. The number of anilines is 3. The topological polar surface area (TPSA) is 72.4 Å². The second-order valence-corrected chi connectivity index (χ2v) is 7.07. The first-order valence-electron chi connectivity index (χ1n) is 10.2. The van der Waals surface area contributed by atoms with Crippen molar-refractivity contribution < 1.29 is 9.47 Å². The molecule has 1 aliphatic heterocycles. The summed E-state index contributed by atoms with van der Waals surface area (Å²) in [5.41, 5.74) is 2.59. The molecule has 0 unspecified atom stereocenters. The van der Waals surface area contributed by atoms with Crippen molar-refractivity contribution in [3.8, 4) is 0 Å². The molecule has 2 aromatic rings. The maximum atomic E-state index is 5.40. The lowest BCUT2D eigenvalue weighted by Gasteiger charge is -2.27. The van der Waals surface area contributed by atoms with E-state index in [1.807, 2.05) is 38.1 Å². The average molecular weight is 420 g/mol. The van der Waals surface area contributed by atoms with Gasteiger partial charge in [0.05, 0.1) is 37.6 Å². The van der Waals surface area contributed by atoms with Crippen LogP contribution in [0.15, 0.2) is 61.2 Å². The lowest BCUT2D eigenvalue weighted by molar-refractivity contribution is 0.122. The zero-order chi connectivity index (χ0) is 22.2. The number of hydrogen-bond donors (Lipinski definition) is 1. The highest BCUT2D eigenvalue weighted by Gasteiger charge is 2.12. The van der Waals surface area contributed by atoms with Gasteiger partial charge in [-0.3, -0.25) is 0 Å². The molecule has 31 heavy (non-hydrogen) atoms. The fourth-order valence-corrected chi connectivity index (χ4v) is 3.07. The number of methoxy groups -OCH3 is 1. The van der Waals surface area contributed by atoms with E-state index in [2.05, 4.69) is 33.3 Å². The van der Waals surface area contributed by atoms with Crippen molar-refractivity contribution in [2.45, 2.75) is 13.8 Å². The monoisotopic (exact) mass is 419 g/mol. The maximum Gasteiger partial charge on any atom is 0.227 e. The predicted octanol–water partition coefficient (Wildman–Crippen LogP) is 2.70. The zero-order valence-electron chi connectivity index (χ0n) is 18.4. The van der Waals surface area contributed by atoms with Gasteiger partial charge >= 0.3 is 0 Å². The van der Waals surface area contributed by atoms with Crippen LogP contribution in [-0.4, -0.2) is 48.4 Å². The molecule has 1 fully saturated rings. The number of hydrogen-bond acceptors (Lipinski definition) is 7. The molecule has 7 heteroatoms. The third kappa shape index (κ3) is 5.79. The van der Waals surface area contributed by atoms with Gasteiger partial charge in [0.15, 0.2) is 0 Å². The number of rotatable bonds is 7. The molecule has 0 aliphatic carbocycles. The minimum absolute atomic E-state index is 0.499. The van der Waals surface area contributed by atoms with E-state index in [4.69, 9.17) is 14.5 Å². The fraction of sp³-hybridized carbons (Fsp3) is 0.292. The smallest absolute Gasteiger partial charge is 0.227 e. The first kappa shape index (κ1) is 22.2. The number of allylic oxidation sites excluding steroid dienone is 3. The van der Waals surface area contributed by atoms with Crippen molar-refractivity contribution in [1.82, 2.24) is 15.0 Å². The predicted molar refractivity (Wildman–Crippen MR) is 125 cm³/mol. The SMILES string of the molecule is C=C(/C=C\C(=C)/C(C)=c1\nc(Nc2ccc(N3CCOCC3)nc2)nc\c1=C\C)OC. The zero-order valence-corrected chi connectivity index (χ0v) is 18.4. The Morgan fingerprint density at radius 2 is 1.94 bits per heavy atom. The van der Waals surface area contributed by atoms with Crippen LogP contribution in [0.5, 0.6) is 0 Å². The van der Waals surface area contributed by atoms with Crippen LogP contribution in [0.25, 0.3) is 11.6 Å². The Bertz CT molecular complexity index is 1080. The summed E-state index contributed by atoms with van der Waals surface area (Å²) in [6.45, 7) is 15.0. The summed E-state index contributed by atoms with van der Waals surface area (Å²) < 4.78 is 10.5. The number of pyridine rings is 1. The van der Waals surface area contributed by atoms with Crippen LogP contribution in [0.3, 0.4) is 0 Å². The Balaban J connectivity index is 1.84.